The molecule has 0 rings (SSSR count). The summed E-state index contributed by atoms with van der Waals surface area (Å²) in [5, 5.41) is -0.802. The molecule has 0 unspecified atom stereocenters. The van der Waals surface area contributed by atoms with E-state index < -0.39 is 17.5 Å². The van der Waals surface area contributed by atoms with E-state index in [1.807, 2.05) is 0 Å². The number of halogens is 5. The normalized spacial score (nSPS) is 13.7. The van der Waals surface area contributed by atoms with Crippen LogP contribution < -0.4 is 0 Å². The van der Waals surface area contributed by atoms with Crippen LogP contribution in [0.2, 0.25) is 0 Å². The molecule has 0 N–H and O–H groups in total. The lowest BCUT2D eigenvalue weighted by Crippen LogP contribution is -2.18. The molecule has 0 heterocycles. The minimum Gasteiger partial charge on any atom is -0.256 e. The van der Waals surface area contributed by atoms with Crippen LogP contribution in [0.5, 0.6) is 0 Å². The van der Waals surface area contributed by atoms with Crippen molar-refractivity contribution in [2.24, 2.45) is 0 Å². The van der Waals surface area contributed by atoms with Crippen LogP contribution in [0.15, 0.2) is 0 Å². The maximum absolute atomic E-state index is 12.0. The van der Waals surface area contributed by atoms with Gasteiger partial charge >= 0.3 is 12.2 Å². The van der Waals surface area contributed by atoms with E-state index in [0.717, 1.165) is 0 Å². The third kappa shape index (κ3) is 5.86. The third-order valence-corrected chi connectivity index (χ3v) is 1.94. The molecule has 8 heteroatoms. The van der Waals surface area contributed by atoms with Gasteiger partial charge in [-0.15, -0.1) is 0 Å². The van der Waals surface area contributed by atoms with Crippen molar-refractivity contribution in [1.29, 1.82) is 0 Å². The molecule has 0 saturated heterocycles. The molecule has 0 saturated carbocycles. The molecule has 0 amide bonds. The Morgan fingerprint density at radius 2 is 2.00 bits per heavy atom. The average Bonchev–Trinajstić information content (AvgIpc) is 1.60. The van der Waals surface area contributed by atoms with E-state index in [2.05, 4.69) is 20.5 Å². The summed E-state index contributed by atoms with van der Waals surface area (Å²) in [6, 6.07) is 0. The molecule has 0 aromatic rings. The van der Waals surface area contributed by atoms with Crippen molar-refractivity contribution in [1.82, 2.24) is 0 Å². The van der Waals surface area contributed by atoms with E-state index in [1.165, 1.54) is 0 Å². The molecule has 0 aliphatic carbocycles. The van der Waals surface area contributed by atoms with Gasteiger partial charge in [0.2, 0.25) is 0 Å². The monoisotopic (exact) mass is 276 g/mol. The highest BCUT2D eigenvalue weighted by atomic mass is 79.9. The molecule has 0 aliphatic rings. The number of hydrogen-bond acceptors (Lipinski definition) is 2. The van der Waals surface area contributed by atoms with Crippen LogP contribution in [0.25, 0.3) is 0 Å². The molecule has 62 valence electrons. The standard InChI is InChI=1S/C2H2BrCl2F2O2P/c3-1-2(6,7)9-10(4,5)8/h1H2. The Balaban J connectivity index is 4.02. The lowest BCUT2D eigenvalue weighted by molar-refractivity contribution is -0.148. The Hall–Kier alpha value is 1.11. The molecule has 0 atom stereocenters. The van der Waals surface area contributed by atoms with Crippen molar-refractivity contribution in [3.05, 3.63) is 0 Å². The zero-order valence-electron chi connectivity index (χ0n) is 4.36. The van der Waals surface area contributed by atoms with Crippen molar-refractivity contribution in [3.63, 3.8) is 0 Å². The van der Waals surface area contributed by atoms with Gasteiger partial charge in [-0.1, -0.05) is 15.9 Å². The van der Waals surface area contributed by atoms with E-state index in [4.69, 9.17) is 22.5 Å². The second kappa shape index (κ2) is 3.68. The Labute approximate surface area is 74.0 Å². The van der Waals surface area contributed by atoms with Crippen LogP contribution >= 0.6 is 44.5 Å². The highest BCUT2D eigenvalue weighted by molar-refractivity contribution is 9.09. The summed E-state index contributed by atoms with van der Waals surface area (Å²) < 4.78 is 37.8. The Morgan fingerprint density at radius 3 is 2.10 bits per heavy atom. The summed E-state index contributed by atoms with van der Waals surface area (Å²) in [5.41, 5.74) is 0. The summed E-state index contributed by atoms with van der Waals surface area (Å²) in [7, 11) is 0. The van der Waals surface area contributed by atoms with Gasteiger partial charge < -0.3 is 0 Å². The van der Waals surface area contributed by atoms with Crippen molar-refractivity contribution in [2.75, 3.05) is 5.33 Å². The molecule has 0 aromatic carbocycles. The molecule has 0 fully saturated rings. The van der Waals surface area contributed by atoms with Crippen LogP contribution in [0.3, 0.4) is 0 Å². The summed E-state index contributed by atoms with van der Waals surface area (Å²) in [5.74, 6) is 0. The Kier molecular flexibility index (Phi) is 4.08. The van der Waals surface area contributed by atoms with Crippen LogP contribution in [0, 0.1) is 0 Å². The number of rotatable bonds is 3. The first-order valence-electron chi connectivity index (χ1n) is 1.91. The Bertz CT molecular complexity index is 159. The third-order valence-electron chi connectivity index (χ3n) is 0.395. The number of alkyl halides is 3. The fraction of sp³-hybridized carbons (Fsp3) is 1.00. The van der Waals surface area contributed by atoms with E-state index in [-0.39, 0.29) is 0 Å². The van der Waals surface area contributed by atoms with Gasteiger partial charge in [0.1, 0.15) is 0 Å². The summed E-state index contributed by atoms with van der Waals surface area (Å²) in [4.78, 5) is 0. The Morgan fingerprint density at radius 1 is 1.60 bits per heavy atom. The van der Waals surface area contributed by atoms with E-state index in [0.29, 0.717) is 0 Å². The van der Waals surface area contributed by atoms with E-state index in [1.54, 1.807) is 0 Å². The van der Waals surface area contributed by atoms with Gasteiger partial charge in [-0.05, 0) is 22.5 Å². The average molecular weight is 278 g/mol. The molecule has 0 aromatic heterocycles. The van der Waals surface area contributed by atoms with Crippen LogP contribution in [0.4, 0.5) is 8.78 Å². The molecule has 0 radical (unpaired) electrons. The first-order valence-corrected chi connectivity index (χ1v) is 6.46. The number of hydrogen-bond donors (Lipinski definition) is 0. The molecule has 2 nitrogen and oxygen atoms in total. The second-order valence-corrected chi connectivity index (χ2v) is 6.04. The first kappa shape index (κ1) is 11.1. The van der Waals surface area contributed by atoms with Crippen molar-refractivity contribution >= 4 is 44.5 Å². The fourth-order valence-electron chi connectivity index (χ4n) is 0.180. The second-order valence-electron chi connectivity index (χ2n) is 1.28. The van der Waals surface area contributed by atoms with Crippen LogP contribution in [-0.4, -0.2) is 11.4 Å². The smallest absolute Gasteiger partial charge is 0.256 e. The quantitative estimate of drug-likeness (QED) is 0.582. The van der Waals surface area contributed by atoms with Crippen molar-refractivity contribution < 1.29 is 17.9 Å². The van der Waals surface area contributed by atoms with Crippen molar-refractivity contribution in [2.45, 2.75) is 6.11 Å². The van der Waals surface area contributed by atoms with Gasteiger partial charge in [-0.2, -0.15) is 8.78 Å². The molecule has 10 heavy (non-hydrogen) atoms. The maximum atomic E-state index is 12.0. The van der Waals surface area contributed by atoms with E-state index >= 15 is 0 Å². The molecular weight excluding hydrogens is 276 g/mol. The summed E-state index contributed by atoms with van der Waals surface area (Å²) in [6.07, 6.45) is -7.72. The first-order chi connectivity index (χ1) is 4.27. The fourth-order valence-corrected chi connectivity index (χ4v) is 1.45. The van der Waals surface area contributed by atoms with Gasteiger partial charge in [0.15, 0.2) is 0 Å². The lowest BCUT2D eigenvalue weighted by Gasteiger charge is -2.12. The lowest BCUT2D eigenvalue weighted by atomic mass is 10.8. The topological polar surface area (TPSA) is 26.3 Å². The predicted molar refractivity (Wildman–Crippen MR) is 39.1 cm³/mol. The van der Waals surface area contributed by atoms with E-state index in [9.17, 15) is 13.3 Å². The molecule has 0 spiro atoms. The summed E-state index contributed by atoms with van der Waals surface area (Å²) >= 11 is 11.8. The van der Waals surface area contributed by atoms with Crippen LogP contribution in [-0.2, 0) is 9.09 Å². The predicted octanol–water partition coefficient (Wildman–Crippen LogP) is 3.58. The largest absolute Gasteiger partial charge is 0.384 e. The highest BCUT2D eigenvalue weighted by Gasteiger charge is 2.36. The molecular formula is C2H2BrCl2F2O2P. The SMILES string of the molecule is O=P(Cl)(Cl)OC(F)(F)CBr. The maximum Gasteiger partial charge on any atom is 0.384 e. The van der Waals surface area contributed by atoms with Gasteiger partial charge in [0, 0.05) is 0 Å². The highest BCUT2D eigenvalue weighted by Crippen LogP contribution is 2.60. The molecule has 0 bridgehead atoms. The zero-order chi connectivity index (χ0) is 8.41. The van der Waals surface area contributed by atoms with Gasteiger partial charge in [-0.25, -0.2) is 4.52 Å². The summed E-state index contributed by atoms with van der Waals surface area (Å²) in [6.45, 7) is 0. The molecule has 0 aliphatic heterocycles. The van der Waals surface area contributed by atoms with Gasteiger partial charge in [-0.3, -0.25) is 4.57 Å². The van der Waals surface area contributed by atoms with Gasteiger partial charge in [0.05, 0.1) is 5.33 Å². The van der Waals surface area contributed by atoms with Crippen molar-refractivity contribution in [3.8, 4) is 0 Å². The zero-order valence-corrected chi connectivity index (χ0v) is 8.35. The van der Waals surface area contributed by atoms with Crippen LogP contribution in [0.1, 0.15) is 0 Å². The minimum atomic E-state index is -4.14. The van der Waals surface area contributed by atoms with Gasteiger partial charge in [0.25, 0.3) is 0 Å². The minimum absolute atomic E-state index is 0.802.